The molecule has 0 fully saturated rings. The Morgan fingerprint density at radius 3 is 2.88 bits per heavy atom. The minimum absolute atomic E-state index is 0.894. The van der Waals surface area contributed by atoms with Crippen molar-refractivity contribution in [2.75, 3.05) is 0 Å². The van der Waals surface area contributed by atoms with Crippen molar-refractivity contribution in [1.82, 2.24) is 0 Å². The van der Waals surface area contributed by atoms with Crippen LogP contribution in [0.3, 0.4) is 0 Å². The van der Waals surface area contributed by atoms with E-state index in [0.29, 0.717) is 0 Å². The van der Waals surface area contributed by atoms with Gasteiger partial charge in [-0.1, -0.05) is 13.0 Å². The van der Waals surface area contributed by atoms with E-state index in [1.54, 1.807) is 0 Å². The van der Waals surface area contributed by atoms with Gasteiger partial charge in [0.2, 0.25) is 0 Å². The maximum absolute atomic E-state index is 4.26. The number of thiol groups is 1. The van der Waals surface area contributed by atoms with Crippen LogP contribution in [0.2, 0.25) is 0 Å². The van der Waals surface area contributed by atoms with Crippen molar-refractivity contribution in [2.24, 2.45) is 5.92 Å². The molecule has 0 radical (unpaired) electrons. The molecule has 1 atom stereocenters. The highest BCUT2D eigenvalue weighted by molar-refractivity contribution is 7.84. The molecule has 0 aromatic heterocycles. The average molecular weight is 128 g/mol. The maximum atomic E-state index is 4.26. The first-order valence-corrected chi connectivity index (χ1v) is 3.62. The monoisotopic (exact) mass is 128 g/mol. The molecule has 0 saturated carbocycles. The summed E-state index contributed by atoms with van der Waals surface area (Å²) in [5.41, 5.74) is 0. The van der Waals surface area contributed by atoms with Gasteiger partial charge in [-0.3, -0.25) is 0 Å². The predicted octanol–water partition coefficient (Wildman–Crippen LogP) is 2.62. The molecule has 1 rings (SSSR count). The first-order chi connectivity index (χ1) is 3.79. The standard InChI is InChI=1S/C7H12S/c1-6-2-4-7(8)5-3-6/h4,6,8H,2-3,5H2,1H3. The molecule has 1 unspecified atom stereocenters. The second-order valence-corrected chi connectivity index (χ2v) is 3.15. The Kier molecular flexibility index (Phi) is 2.01. The van der Waals surface area contributed by atoms with E-state index in [2.05, 4.69) is 25.6 Å². The van der Waals surface area contributed by atoms with Crippen LogP contribution in [-0.2, 0) is 0 Å². The number of rotatable bonds is 0. The average Bonchev–Trinajstić information content (AvgIpc) is 1.77. The fourth-order valence-electron chi connectivity index (χ4n) is 0.951. The van der Waals surface area contributed by atoms with Crippen LogP contribution in [0.25, 0.3) is 0 Å². The number of hydrogen-bond acceptors (Lipinski definition) is 1. The van der Waals surface area contributed by atoms with Crippen LogP contribution < -0.4 is 0 Å². The quantitative estimate of drug-likeness (QED) is 0.476. The lowest BCUT2D eigenvalue weighted by Crippen LogP contribution is -1.97. The first-order valence-electron chi connectivity index (χ1n) is 3.17. The van der Waals surface area contributed by atoms with E-state index in [1.807, 2.05) is 0 Å². The fraction of sp³-hybridized carbons (Fsp3) is 0.714. The SMILES string of the molecule is CC1CC=C(S)CC1. The minimum atomic E-state index is 0.894. The van der Waals surface area contributed by atoms with E-state index in [4.69, 9.17) is 0 Å². The Balaban J connectivity index is 2.42. The van der Waals surface area contributed by atoms with Gasteiger partial charge in [-0.25, -0.2) is 0 Å². The molecular formula is C7H12S. The van der Waals surface area contributed by atoms with Crippen LogP contribution in [0.15, 0.2) is 11.0 Å². The smallest absolute Gasteiger partial charge is 0.0222 e. The molecule has 1 heteroatoms. The molecule has 0 heterocycles. The molecule has 0 nitrogen and oxygen atoms in total. The zero-order valence-corrected chi connectivity index (χ0v) is 6.12. The summed E-state index contributed by atoms with van der Waals surface area (Å²) in [4.78, 5) is 1.28. The highest BCUT2D eigenvalue weighted by Gasteiger charge is 2.05. The second-order valence-electron chi connectivity index (χ2n) is 2.58. The Labute approximate surface area is 56.4 Å². The van der Waals surface area contributed by atoms with Crippen molar-refractivity contribution in [3.63, 3.8) is 0 Å². The molecule has 0 aromatic rings. The van der Waals surface area contributed by atoms with E-state index < -0.39 is 0 Å². The summed E-state index contributed by atoms with van der Waals surface area (Å²) in [6, 6.07) is 0. The lowest BCUT2D eigenvalue weighted by Gasteiger charge is -2.13. The molecule has 1 aliphatic carbocycles. The van der Waals surface area contributed by atoms with Crippen molar-refractivity contribution in [1.29, 1.82) is 0 Å². The van der Waals surface area contributed by atoms with Crippen molar-refractivity contribution in [3.8, 4) is 0 Å². The van der Waals surface area contributed by atoms with Gasteiger partial charge in [0, 0.05) is 0 Å². The maximum Gasteiger partial charge on any atom is -0.0222 e. The van der Waals surface area contributed by atoms with Gasteiger partial charge in [0.1, 0.15) is 0 Å². The van der Waals surface area contributed by atoms with Crippen LogP contribution in [0.4, 0.5) is 0 Å². The molecule has 1 aliphatic rings. The summed E-state index contributed by atoms with van der Waals surface area (Å²) in [6.45, 7) is 2.29. The third-order valence-electron chi connectivity index (χ3n) is 1.65. The Hall–Kier alpha value is 0.0900. The lowest BCUT2D eigenvalue weighted by molar-refractivity contribution is 0.524. The highest BCUT2D eigenvalue weighted by Crippen LogP contribution is 2.24. The topological polar surface area (TPSA) is 0 Å². The number of allylic oxidation sites excluding steroid dienone is 2. The summed E-state index contributed by atoms with van der Waals surface area (Å²) < 4.78 is 0. The molecular weight excluding hydrogens is 116 g/mol. The summed E-state index contributed by atoms with van der Waals surface area (Å²) in [5, 5.41) is 0. The molecule has 0 saturated heterocycles. The zero-order valence-electron chi connectivity index (χ0n) is 5.22. The van der Waals surface area contributed by atoms with Gasteiger partial charge in [0.05, 0.1) is 0 Å². The highest BCUT2D eigenvalue weighted by atomic mass is 32.1. The summed E-state index contributed by atoms with van der Waals surface area (Å²) in [7, 11) is 0. The molecule has 0 N–H and O–H groups in total. The zero-order chi connectivity index (χ0) is 5.98. The van der Waals surface area contributed by atoms with Crippen molar-refractivity contribution in [3.05, 3.63) is 11.0 Å². The second kappa shape index (κ2) is 2.58. The Bertz CT molecular complexity index is 105. The van der Waals surface area contributed by atoms with Crippen LogP contribution in [-0.4, -0.2) is 0 Å². The van der Waals surface area contributed by atoms with Crippen LogP contribution in [0.5, 0.6) is 0 Å². The van der Waals surface area contributed by atoms with Gasteiger partial charge in [0.15, 0.2) is 0 Å². The van der Waals surface area contributed by atoms with E-state index in [1.165, 1.54) is 24.2 Å². The van der Waals surface area contributed by atoms with Crippen molar-refractivity contribution < 1.29 is 0 Å². The molecule has 46 valence electrons. The fourth-order valence-corrected chi connectivity index (χ4v) is 1.19. The molecule has 0 spiro atoms. The van der Waals surface area contributed by atoms with Crippen molar-refractivity contribution >= 4 is 12.6 Å². The molecule has 0 aromatic carbocycles. The van der Waals surface area contributed by atoms with Gasteiger partial charge in [-0.15, -0.1) is 12.6 Å². The normalized spacial score (nSPS) is 29.8. The van der Waals surface area contributed by atoms with Gasteiger partial charge in [-0.05, 0) is 30.1 Å². The van der Waals surface area contributed by atoms with E-state index in [0.717, 1.165) is 5.92 Å². The van der Waals surface area contributed by atoms with E-state index in [9.17, 15) is 0 Å². The van der Waals surface area contributed by atoms with E-state index >= 15 is 0 Å². The molecule has 8 heavy (non-hydrogen) atoms. The Morgan fingerprint density at radius 1 is 1.75 bits per heavy atom. The third kappa shape index (κ3) is 1.55. The van der Waals surface area contributed by atoms with Crippen LogP contribution >= 0.6 is 12.6 Å². The van der Waals surface area contributed by atoms with Gasteiger partial charge < -0.3 is 0 Å². The summed E-state index contributed by atoms with van der Waals surface area (Å²) in [6.07, 6.45) is 6.00. The summed E-state index contributed by atoms with van der Waals surface area (Å²) >= 11 is 4.26. The molecule has 0 bridgehead atoms. The van der Waals surface area contributed by atoms with Gasteiger partial charge in [0.25, 0.3) is 0 Å². The van der Waals surface area contributed by atoms with Crippen LogP contribution in [0.1, 0.15) is 26.2 Å². The third-order valence-corrected chi connectivity index (χ3v) is 2.06. The first kappa shape index (κ1) is 6.21. The van der Waals surface area contributed by atoms with Gasteiger partial charge >= 0.3 is 0 Å². The van der Waals surface area contributed by atoms with Crippen LogP contribution in [0, 0.1) is 5.92 Å². The van der Waals surface area contributed by atoms with E-state index in [-0.39, 0.29) is 0 Å². The Morgan fingerprint density at radius 2 is 2.50 bits per heavy atom. The molecule has 0 amide bonds. The largest absolute Gasteiger partial charge is 0.148 e. The predicted molar refractivity (Wildman–Crippen MR) is 40.1 cm³/mol. The lowest BCUT2D eigenvalue weighted by atomic mass is 9.97. The van der Waals surface area contributed by atoms with Gasteiger partial charge in [-0.2, -0.15) is 0 Å². The van der Waals surface area contributed by atoms with Crippen molar-refractivity contribution in [2.45, 2.75) is 26.2 Å². The summed E-state index contributed by atoms with van der Waals surface area (Å²) in [5.74, 6) is 0.894. The molecule has 0 aliphatic heterocycles. The minimum Gasteiger partial charge on any atom is -0.148 e. The number of hydrogen-bond donors (Lipinski definition) is 1.